The number of hydrogen-bond acceptors (Lipinski definition) is 2. The van der Waals surface area contributed by atoms with E-state index in [1.807, 2.05) is 35.2 Å². The third-order valence-electron chi connectivity index (χ3n) is 4.33. The Kier molecular flexibility index (Phi) is 4.21. The van der Waals surface area contributed by atoms with Gasteiger partial charge in [-0.05, 0) is 38.1 Å². The van der Waals surface area contributed by atoms with Gasteiger partial charge in [0.1, 0.15) is 0 Å². The Hall–Kier alpha value is -1.55. The molecule has 2 aliphatic rings. The molecule has 0 spiro atoms. The number of carbonyl (C=O) groups is 1. The number of carbonyl (C=O) groups excluding carboxylic acids is 1. The van der Waals surface area contributed by atoms with Gasteiger partial charge >= 0.3 is 6.03 Å². The van der Waals surface area contributed by atoms with Gasteiger partial charge in [0.05, 0.1) is 0 Å². The number of benzene rings is 1. The Morgan fingerprint density at radius 3 is 2.30 bits per heavy atom. The first kappa shape index (κ1) is 13.4. The highest BCUT2D eigenvalue weighted by atomic mass is 16.2. The number of rotatable bonds is 2. The number of amides is 2. The highest BCUT2D eigenvalue weighted by Crippen LogP contribution is 2.20. The SMILES string of the molecule is O=C(Nc1ccccc1)N1CC(N2CCCCCC2)C1. The van der Waals surface area contributed by atoms with Crippen LogP contribution in [0.25, 0.3) is 0 Å². The third-order valence-corrected chi connectivity index (χ3v) is 4.33. The van der Waals surface area contributed by atoms with Crippen molar-refractivity contribution in [3.05, 3.63) is 30.3 Å². The summed E-state index contributed by atoms with van der Waals surface area (Å²) in [7, 11) is 0. The van der Waals surface area contributed by atoms with Crippen molar-refractivity contribution in [2.45, 2.75) is 31.7 Å². The molecule has 2 saturated heterocycles. The van der Waals surface area contributed by atoms with Gasteiger partial charge in [-0.15, -0.1) is 0 Å². The number of hydrogen-bond donors (Lipinski definition) is 1. The van der Waals surface area contributed by atoms with E-state index in [1.54, 1.807) is 0 Å². The lowest BCUT2D eigenvalue weighted by molar-refractivity contribution is 0.0638. The van der Waals surface area contributed by atoms with Gasteiger partial charge in [-0.3, -0.25) is 4.90 Å². The van der Waals surface area contributed by atoms with Crippen LogP contribution in [0.5, 0.6) is 0 Å². The molecule has 20 heavy (non-hydrogen) atoms. The molecule has 0 aromatic heterocycles. The molecule has 2 heterocycles. The molecule has 0 unspecified atom stereocenters. The van der Waals surface area contributed by atoms with E-state index in [9.17, 15) is 4.79 Å². The molecule has 1 N–H and O–H groups in total. The molecule has 0 bridgehead atoms. The van der Waals surface area contributed by atoms with E-state index in [0.717, 1.165) is 18.8 Å². The maximum absolute atomic E-state index is 12.1. The number of likely N-dealkylation sites (tertiary alicyclic amines) is 2. The van der Waals surface area contributed by atoms with Crippen molar-refractivity contribution in [1.29, 1.82) is 0 Å². The summed E-state index contributed by atoms with van der Waals surface area (Å²) in [6, 6.07) is 10.3. The predicted octanol–water partition coefficient (Wildman–Crippen LogP) is 2.78. The van der Waals surface area contributed by atoms with Gasteiger partial charge in [-0.25, -0.2) is 4.79 Å². The molecule has 0 atom stereocenters. The fraction of sp³-hybridized carbons (Fsp3) is 0.562. The molecule has 3 rings (SSSR count). The first-order chi connectivity index (χ1) is 9.83. The highest BCUT2D eigenvalue weighted by molar-refractivity contribution is 5.89. The molecule has 0 aliphatic carbocycles. The summed E-state index contributed by atoms with van der Waals surface area (Å²) in [6.45, 7) is 4.16. The largest absolute Gasteiger partial charge is 0.321 e. The van der Waals surface area contributed by atoms with Crippen LogP contribution in [0.3, 0.4) is 0 Å². The molecule has 0 radical (unpaired) electrons. The Bertz CT molecular complexity index is 434. The third kappa shape index (κ3) is 3.12. The molecule has 1 aromatic carbocycles. The minimum Gasteiger partial charge on any atom is -0.321 e. The average Bonchev–Trinajstić information content (AvgIpc) is 2.67. The fourth-order valence-electron chi connectivity index (χ4n) is 3.04. The molecule has 0 saturated carbocycles. The van der Waals surface area contributed by atoms with Gasteiger partial charge < -0.3 is 10.2 Å². The summed E-state index contributed by atoms with van der Waals surface area (Å²) in [5.74, 6) is 0. The minimum absolute atomic E-state index is 0.0299. The molecule has 2 fully saturated rings. The Morgan fingerprint density at radius 2 is 1.65 bits per heavy atom. The van der Waals surface area contributed by atoms with Crippen LogP contribution in [0.1, 0.15) is 25.7 Å². The van der Waals surface area contributed by atoms with Crippen LogP contribution in [0.4, 0.5) is 10.5 Å². The van der Waals surface area contributed by atoms with Gasteiger partial charge in [0.25, 0.3) is 0 Å². The van der Waals surface area contributed by atoms with E-state index in [0.29, 0.717) is 6.04 Å². The molecule has 2 amide bonds. The lowest BCUT2D eigenvalue weighted by atomic mass is 10.1. The topological polar surface area (TPSA) is 35.6 Å². The molecule has 4 nitrogen and oxygen atoms in total. The van der Waals surface area contributed by atoms with Crippen LogP contribution in [-0.4, -0.2) is 48.1 Å². The standard InChI is InChI=1S/C16H23N3O/c20-16(17-14-8-4-3-5-9-14)19-12-15(13-19)18-10-6-1-2-7-11-18/h3-5,8-9,15H,1-2,6-7,10-13H2,(H,17,20). The van der Waals surface area contributed by atoms with Crippen molar-refractivity contribution < 1.29 is 4.79 Å². The fourth-order valence-corrected chi connectivity index (χ4v) is 3.04. The Morgan fingerprint density at radius 1 is 1.00 bits per heavy atom. The maximum atomic E-state index is 12.1. The van der Waals surface area contributed by atoms with Gasteiger partial charge in [0.2, 0.25) is 0 Å². The van der Waals surface area contributed by atoms with Crippen molar-refractivity contribution in [3.63, 3.8) is 0 Å². The van der Waals surface area contributed by atoms with Crippen LogP contribution in [0, 0.1) is 0 Å². The van der Waals surface area contributed by atoms with Crippen LogP contribution >= 0.6 is 0 Å². The van der Waals surface area contributed by atoms with E-state index >= 15 is 0 Å². The van der Waals surface area contributed by atoms with Crippen LogP contribution in [0.15, 0.2) is 30.3 Å². The molecule has 4 heteroatoms. The van der Waals surface area contributed by atoms with E-state index in [-0.39, 0.29) is 6.03 Å². The number of para-hydroxylation sites is 1. The van der Waals surface area contributed by atoms with Crippen molar-refractivity contribution in [1.82, 2.24) is 9.80 Å². The molecule has 108 valence electrons. The van der Waals surface area contributed by atoms with Crippen molar-refractivity contribution in [2.24, 2.45) is 0 Å². The second-order valence-electron chi connectivity index (χ2n) is 5.81. The summed E-state index contributed by atoms with van der Waals surface area (Å²) in [4.78, 5) is 16.6. The molecular formula is C16H23N3O. The summed E-state index contributed by atoms with van der Waals surface area (Å²) < 4.78 is 0. The number of nitrogens with one attached hydrogen (secondary N) is 1. The van der Waals surface area contributed by atoms with Crippen molar-refractivity contribution in [2.75, 3.05) is 31.5 Å². The lowest BCUT2D eigenvalue weighted by Gasteiger charge is -2.45. The normalized spacial score (nSPS) is 21.1. The predicted molar refractivity (Wildman–Crippen MR) is 80.9 cm³/mol. The zero-order valence-corrected chi connectivity index (χ0v) is 11.9. The summed E-state index contributed by atoms with van der Waals surface area (Å²) >= 11 is 0. The van der Waals surface area contributed by atoms with E-state index in [1.165, 1.54) is 38.8 Å². The van der Waals surface area contributed by atoms with E-state index in [4.69, 9.17) is 0 Å². The second kappa shape index (κ2) is 6.27. The number of anilines is 1. The summed E-state index contributed by atoms with van der Waals surface area (Å²) in [6.07, 6.45) is 5.35. The monoisotopic (exact) mass is 273 g/mol. The van der Waals surface area contributed by atoms with Crippen LogP contribution < -0.4 is 5.32 Å². The van der Waals surface area contributed by atoms with Gasteiger partial charge in [-0.2, -0.15) is 0 Å². The average molecular weight is 273 g/mol. The number of urea groups is 1. The van der Waals surface area contributed by atoms with Crippen molar-refractivity contribution in [3.8, 4) is 0 Å². The quantitative estimate of drug-likeness (QED) is 0.899. The van der Waals surface area contributed by atoms with E-state index < -0.39 is 0 Å². The highest BCUT2D eigenvalue weighted by Gasteiger charge is 2.34. The first-order valence-electron chi connectivity index (χ1n) is 7.68. The lowest BCUT2D eigenvalue weighted by Crippen LogP contribution is -2.62. The molecular weight excluding hydrogens is 250 g/mol. The second-order valence-corrected chi connectivity index (χ2v) is 5.81. The maximum Gasteiger partial charge on any atom is 0.321 e. The van der Waals surface area contributed by atoms with Gasteiger partial charge in [0.15, 0.2) is 0 Å². The zero-order chi connectivity index (χ0) is 13.8. The number of nitrogens with zero attached hydrogens (tertiary/aromatic N) is 2. The van der Waals surface area contributed by atoms with Crippen LogP contribution in [0.2, 0.25) is 0 Å². The Balaban J connectivity index is 1.46. The Labute approximate surface area is 120 Å². The van der Waals surface area contributed by atoms with Gasteiger partial charge in [-0.1, -0.05) is 31.0 Å². The summed E-state index contributed by atoms with van der Waals surface area (Å²) in [5, 5.41) is 2.95. The minimum atomic E-state index is 0.0299. The van der Waals surface area contributed by atoms with Crippen LogP contribution in [-0.2, 0) is 0 Å². The first-order valence-corrected chi connectivity index (χ1v) is 7.68. The zero-order valence-electron chi connectivity index (χ0n) is 11.9. The smallest absolute Gasteiger partial charge is 0.321 e. The van der Waals surface area contributed by atoms with Gasteiger partial charge in [0, 0.05) is 24.8 Å². The molecule has 1 aromatic rings. The van der Waals surface area contributed by atoms with E-state index in [2.05, 4.69) is 10.2 Å². The molecule has 2 aliphatic heterocycles. The van der Waals surface area contributed by atoms with Crippen molar-refractivity contribution >= 4 is 11.7 Å². The summed E-state index contributed by atoms with van der Waals surface area (Å²) in [5.41, 5.74) is 0.871.